The Bertz CT molecular complexity index is 952. The third-order valence-electron chi connectivity index (χ3n) is 4.97. The number of unbranched alkanes of at least 4 members (excludes halogenated alkanes) is 1. The number of hydrogen-bond donors (Lipinski definition) is 3. The summed E-state index contributed by atoms with van der Waals surface area (Å²) in [5.74, 6) is 0.900. The van der Waals surface area contributed by atoms with Gasteiger partial charge in [-0.25, -0.2) is 0 Å². The summed E-state index contributed by atoms with van der Waals surface area (Å²) < 4.78 is 11.4. The molecule has 178 valence electrons. The van der Waals surface area contributed by atoms with Crippen molar-refractivity contribution in [2.75, 3.05) is 19.8 Å². The molecular formula is C26H34N2O5. The standard InChI is InChI=1S/C26H34N2O5/c1-4-5-12-32-24-8-6-19(13-21(24)15-23(30)17-29)10-11-28-26(31)20-7-9-25(33-18(2)3)22(14-20)16-27/h6-9,13-14,18,23,29-30H,4-5,10-12,15,17H2,1-3H3,(H,28,31). The van der Waals surface area contributed by atoms with Crippen LogP contribution in [-0.4, -0.2) is 48.1 Å². The molecule has 1 atom stereocenters. The Kier molecular flexibility index (Phi) is 10.7. The van der Waals surface area contributed by atoms with Crippen molar-refractivity contribution in [2.45, 2.75) is 58.7 Å². The zero-order valence-electron chi connectivity index (χ0n) is 19.6. The number of benzene rings is 2. The summed E-state index contributed by atoms with van der Waals surface area (Å²) in [7, 11) is 0. The molecule has 0 aromatic heterocycles. The minimum Gasteiger partial charge on any atom is -0.493 e. The molecule has 0 radical (unpaired) electrons. The fourth-order valence-electron chi connectivity index (χ4n) is 3.27. The lowest BCUT2D eigenvalue weighted by atomic mass is 10.0. The van der Waals surface area contributed by atoms with E-state index >= 15 is 0 Å². The summed E-state index contributed by atoms with van der Waals surface area (Å²) in [6.07, 6.45) is 1.92. The molecule has 2 rings (SSSR count). The second-order valence-corrected chi connectivity index (χ2v) is 8.18. The van der Waals surface area contributed by atoms with Crippen molar-refractivity contribution in [1.29, 1.82) is 5.26 Å². The number of ether oxygens (including phenoxy) is 2. The Morgan fingerprint density at radius 2 is 1.94 bits per heavy atom. The van der Waals surface area contributed by atoms with Crippen molar-refractivity contribution in [3.8, 4) is 17.6 Å². The third kappa shape index (κ3) is 8.41. The Morgan fingerprint density at radius 1 is 1.18 bits per heavy atom. The van der Waals surface area contributed by atoms with Crippen LogP contribution in [-0.2, 0) is 12.8 Å². The highest BCUT2D eigenvalue weighted by Gasteiger charge is 2.13. The van der Waals surface area contributed by atoms with E-state index in [-0.39, 0.29) is 18.6 Å². The van der Waals surface area contributed by atoms with Crippen molar-refractivity contribution >= 4 is 5.91 Å². The van der Waals surface area contributed by atoms with E-state index in [1.165, 1.54) is 6.07 Å². The van der Waals surface area contributed by atoms with Gasteiger partial charge in [-0.05, 0) is 62.1 Å². The Morgan fingerprint density at radius 3 is 2.61 bits per heavy atom. The lowest BCUT2D eigenvalue weighted by molar-refractivity contribution is 0.0947. The minimum atomic E-state index is -0.856. The molecule has 0 fully saturated rings. The quantitative estimate of drug-likeness (QED) is 0.400. The smallest absolute Gasteiger partial charge is 0.251 e. The maximum absolute atomic E-state index is 12.5. The summed E-state index contributed by atoms with van der Waals surface area (Å²) >= 11 is 0. The van der Waals surface area contributed by atoms with Gasteiger partial charge in [-0.15, -0.1) is 0 Å². The summed E-state index contributed by atoms with van der Waals surface area (Å²) in [6.45, 7) is 6.53. The monoisotopic (exact) mass is 454 g/mol. The maximum atomic E-state index is 12.5. The molecule has 0 aliphatic heterocycles. The first-order chi connectivity index (χ1) is 15.9. The maximum Gasteiger partial charge on any atom is 0.251 e. The van der Waals surface area contributed by atoms with E-state index in [4.69, 9.17) is 9.47 Å². The molecule has 0 heterocycles. The van der Waals surface area contributed by atoms with E-state index in [0.717, 1.165) is 24.0 Å². The molecule has 0 bridgehead atoms. The predicted molar refractivity (Wildman–Crippen MR) is 127 cm³/mol. The molecule has 0 saturated heterocycles. The molecule has 1 amide bonds. The van der Waals surface area contributed by atoms with Crippen LogP contribution in [0.1, 0.15) is 60.7 Å². The summed E-state index contributed by atoms with van der Waals surface area (Å²) in [4.78, 5) is 12.5. The van der Waals surface area contributed by atoms with E-state index in [0.29, 0.717) is 48.6 Å². The van der Waals surface area contributed by atoms with Crippen molar-refractivity contribution < 1.29 is 24.5 Å². The number of rotatable bonds is 13. The first-order valence-corrected chi connectivity index (χ1v) is 11.4. The van der Waals surface area contributed by atoms with Gasteiger partial charge in [0.25, 0.3) is 5.91 Å². The SMILES string of the molecule is CCCCOc1ccc(CCNC(=O)c2ccc(OC(C)C)c(C#N)c2)cc1CC(O)CO. The lowest BCUT2D eigenvalue weighted by Gasteiger charge is -2.15. The Labute approximate surface area is 196 Å². The second-order valence-electron chi connectivity index (χ2n) is 8.18. The van der Waals surface area contributed by atoms with Gasteiger partial charge in [0.1, 0.15) is 17.6 Å². The highest BCUT2D eigenvalue weighted by atomic mass is 16.5. The van der Waals surface area contributed by atoms with Crippen molar-refractivity contribution in [2.24, 2.45) is 0 Å². The molecule has 2 aromatic carbocycles. The van der Waals surface area contributed by atoms with Gasteiger partial charge < -0.3 is 25.0 Å². The van der Waals surface area contributed by atoms with Gasteiger partial charge in [0.15, 0.2) is 0 Å². The molecule has 3 N–H and O–H groups in total. The third-order valence-corrected chi connectivity index (χ3v) is 4.97. The number of aliphatic hydroxyl groups is 2. The summed E-state index contributed by atoms with van der Waals surface area (Å²) in [5.41, 5.74) is 2.53. The van der Waals surface area contributed by atoms with E-state index in [1.807, 2.05) is 32.0 Å². The van der Waals surface area contributed by atoms with Gasteiger partial charge in [-0.2, -0.15) is 5.26 Å². The number of hydrogen-bond acceptors (Lipinski definition) is 6. The topological polar surface area (TPSA) is 112 Å². The van der Waals surface area contributed by atoms with Crippen LogP contribution < -0.4 is 14.8 Å². The zero-order chi connectivity index (χ0) is 24.2. The van der Waals surface area contributed by atoms with Crippen LogP contribution in [0.3, 0.4) is 0 Å². The number of carbonyl (C=O) groups excluding carboxylic acids is 1. The molecule has 33 heavy (non-hydrogen) atoms. The van der Waals surface area contributed by atoms with E-state index in [9.17, 15) is 20.3 Å². The van der Waals surface area contributed by atoms with E-state index in [1.54, 1.807) is 12.1 Å². The molecule has 1 unspecified atom stereocenters. The van der Waals surface area contributed by atoms with Gasteiger partial charge in [0.05, 0.1) is 31.0 Å². The van der Waals surface area contributed by atoms with Crippen LogP contribution in [0.5, 0.6) is 11.5 Å². The van der Waals surface area contributed by atoms with Crippen LogP contribution in [0.25, 0.3) is 0 Å². The number of amides is 1. The molecule has 7 heteroatoms. The second kappa shape index (κ2) is 13.5. The van der Waals surface area contributed by atoms with Gasteiger partial charge >= 0.3 is 0 Å². The molecule has 0 aliphatic carbocycles. The molecule has 7 nitrogen and oxygen atoms in total. The average molecular weight is 455 g/mol. The number of aliphatic hydroxyl groups excluding tert-OH is 2. The lowest BCUT2D eigenvalue weighted by Crippen LogP contribution is -2.26. The number of nitrogens with zero attached hydrogens (tertiary/aromatic N) is 1. The highest BCUT2D eigenvalue weighted by molar-refractivity contribution is 5.94. The molecule has 0 saturated carbocycles. The molecule has 0 spiro atoms. The Balaban J connectivity index is 2.01. The first-order valence-electron chi connectivity index (χ1n) is 11.4. The summed E-state index contributed by atoms with van der Waals surface area (Å²) in [5, 5.41) is 31.3. The van der Waals surface area contributed by atoms with Crippen LogP contribution >= 0.6 is 0 Å². The van der Waals surface area contributed by atoms with Gasteiger partial charge in [0.2, 0.25) is 0 Å². The summed E-state index contributed by atoms with van der Waals surface area (Å²) in [6, 6.07) is 12.6. The molecule has 2 aromatic rings. The fraction of sp³-hybridized carbons (Fsp3) is 0.462. The van der Waals surface area contributed by atoms with Crippen molar-refractivity contribution in [3.63, 3.8) is 0 Å². The van der Waals surface area contributed by atoms with E-state index < -0.39 is 6.10 Å². The van der Waals surface area contributed by atoms with Crippen LogP contribution in [0.2, 0.25) is 0 Å². The number of nitrogens with one attached hydrogen (secondary N) is 1. The Hall–Kier alpha value is -3.08. The van der Waals surface area contributed by atoms with Crippen LogP contribution in [0.4, 0.5) is 0 Å². The number of nitriles is 1. The average Bonchev–Trinajstić information content (AvgIpc) is 2.80. The largest absolute Gasteiger partial charge is 0.493 e. The number of carbonyl (C=O) groups is 1. The molecular weight excluding hydrogens is 420 g/mol. The first kappa shape index (κ1) is 26.2. The molecule has 0 aliphatic rings. The van der Waals surface area contributed by atoms with Crippen LogP contribution in [0, 0.1) is 11.3 Å². The van der Waals surface area contributed by atoms with Crippen molar-refractivity contribution in [1.82, 2.24) is 5.32 Å². The normalized spacial score (nSPS) is 11.7. The van der Waals surface area contributed by atoms with E-state index in [2.05, 4.69) is 18.3 Å². The fourth-order valence-corrected chi connectivity index (χ4v) is 3.27. The van der Waals surface area contributed by atoms with Gasteiger partial charge in [-0.1, -0.05) is 25.5 Å². The van der Waals surface area contributed by atoms with Gasteiger partial charge in [-0.3, -0.25) is 4.79 Å². The van der Waals surface area contributed by atoms with Crippen LogP contribution in [0.15, 0.2) is 36.4 Å². The zero-order valence-corrected chi connectivity index (χ0v) is 19.6. The minimum absolute atomic E-state index is 0.0661. The highest BCUT2D eigenvalue weighted by Crippen LogP contribution is 2.23. The van der Waals surface area contributed by atoms with Crippen molar-refractivity contribution in [3.05, 3.63) is 58.7 Å². The predicted octanol–water partition coefficient (Wildman–Crippen LogP) is 3.39. The van der Waals surface area contributed by atoms with Gasteiger partial charge in [0, 0.05) is 18.5 Å².